The summed E-state index contributed by atoms with van der Waals surface area (Å²) in [7, 11) is 0. The molecule has 0 saturated heterocycles. The monoisotopic (exact) mass is 331 g/mol. The van der Waals surface area contributed by atoms with Crippen LogP contribution in [0.2, 0.25) is 0 Å². The van der Waals surface area contributed by atoms with E-state index < -0.39 is 0 Å². The maximum absolute atomic E-state index is 9.26. The number of nitrogens with zero attached hydrogens (tertiary/aromatic N) is 3. The van der Waals surface area contributed by atoms with Crippen molar-refractivity contribution in [3.05, 3.63) is 45.7 Å². The summed E-state index contributed by atoms with van der Waals surface area (Å²) >= 11 is 4.91. The van der Waals surface area contributed by atoms with Crippen molar-refractivity contribution in [1.29, 1.82) is 5.26 Å². The van der Waals surface area contributed by atoms with Gasteiger partial charge < -0.3 is 0 Å². The number of aryl methyl sites for hydroxylation is 2. The van der Waals surface area contributed by atoms with Gasteiger partial charge in [0.2, 0.25) is 0 Å². The van der Waals surface area contributed by atoms with Crippen LogP contribution in [0.4, 0.5) is 0 Å². The van der Waals surface area contributed by atoms with Gasteiger partial charge in [0, 0.05) is 11.9 Å². The molecule has 2 aromatic rings. The molecule has 0 N–H and O–H groups in total. The SMILES string of the molecule is N#Cc1cc2c(nc1Sc1ncccc1Br)CCC2. The number of hydrogen-bond acceptors (Lipinski definition) is 4. The molecule has 0 unspecified atom stereocenters. The maximum atomic E-state index is 9.26. The molecule has 94 valence electrons. The van der Waals surface area contributed by atoms with Crippen LogP contribution in [0.1, 0.15) is 23.2 Å². The van der Waals surface area contributed by atoms with Gasteiger partial charge in [-0.1, -0.05) is 0 Å². The molecule has 19 heavy (non-hydrogen) atoms. The Morgan fingerprint density at radius 1 is 1.32 bits per heavy atom. The molecular weight excluding hydrogens is 322 g/mol. The molecule has 0 bridgehead atoms. The Kier molecular flexibility index (Phi) is 3.54. The molecule has 0 atom stereocenters. The van der Waals surface area contributed by atoms with E-state index in [4.69, 9.17) is 0 Å². The molecule has 0 saturated carbocycles. The van der Waals surface area contributed by atoms with Gasteiger partial charge in [-0.3, -0.25) is 0 Å². The molecule has 3 rings (SSSR count). The highest BCUT2D eigenvalue weighted by molar-refractivity contribution is 9.10. The van der Waals surface area contributed by atoms with Gasteiger partial charge in [0.05, 0.1) is 10.0 Å². The van der Waals surface area contributed by atoms with Gasteiger partial charge in [-0.2, -0.15) is 5.26 Å². The van der Waals surface area contributed by atoms with Gasteiger partial charge in [-0.05, 0) is 70.7 Å². The molecule has 0 amide bonds. The van der Waals surface area contributed by atoms with E-state index in [2.05, 4.69) is 32.0 Å². The highest BCUT2D eigenvalue weighted by atomic mass is 79.9. The quantitative estimate of drug-likeness (QED) is 0.840. The second kappa shape index (κ2) is 5.32. The summed E-state index contributed by atoms with van der Waals surface area (Å²) in [6, 6.07) is 8.03. The van der Waals surface area contributed by atoms with Crippen LogP contribution in [-0.2, 0) is 12.8 Å². The molecule has 2 heterocycles. The molecule has 0 spiro atoms. The first kappa shape index (κ1) is 12.6. The van der Waals surface area contributed by atoms with Crippen molar-refractivity contribution < 1.29 is 0 Å². The molecule has 0 aliphatic heterocycles. The van der Waals surface area contributed by atoms with E-state index in [0.29, 0.717) is 5.56 Å². The fraction of sp³-hybridized carbons (Fsp3) is 0.214. The molecule has 1 aliphatic carbocycles. The van der Waals surface area contributed by atoms with Crippen molar-refractivity contribution in [2.24, 2.45) is 0 Å². The summed E-state index contributed by atoms with van der Waals surface area (Å²) in [6.07, 6.45) is 4.92. The average Bonchev–Trinajstić information content (AvgIpc) is 2.87. The summed E-state index contributed by atoms with van der Waals surface area (Å²) in [4.78, 5) is 8.95. The van der Waals surface area contributed by atoms with Crippen LogP contribution < -0.4 is 0 Å². The van der Waals surface area contributed by atoms with Gasteiger partial charge in [0.1, 0.15) is 16.1 Å². The Hall–Kier alpha value is -1.38. The van der Waals surface area contributed by atoms with Gasteiger partial charge in [0.25, 0.3) is 0 Å². The zero-order valence-electron chi connectivity index (χ0n) is 10.1. The fourth-order valence-corrected chi connectivity index (χ4v) is 3.48. The fourth-order valence-electron chi connectivity index (χ4n) is 2.15. The van der Waals surface area contributed by atoms with Crippen LogP contribution in [0.15, 0.2) is 38.9 Å². The molecule has 0 fully saturated rings. The van der Waals surface area contributed by atoms with Crippen molar-refractivity contribution in [3.8, 4) is 6.07 Å². The highest BCUT2D eigenvalue weighted by Gasteiger charge is 2.17. The molecule has 0 radical (unpaired) electrons. The Bertz CT molecular complexity index is 679. The predicted octanol–water partition coefficient (Wildman–Crippen LogP) is 3.75. The third-order valence-electron chi connectivity index (χ3n) is 3.05. The lowest BCUT2D eigenvalue weighted by Gasteiger charge is -2.07. The first-order chi connectivity index (χ1) is 9.28. The molecular formula is C14H10BrN3S. The number of halogens is 1. The third kappa shape index (κ3) is 2.51. The highest BCUT2D eigenvalue weighted by Crippen LogP contribution is 2.34. The topological polar surface area (TPSA) is 49.6 Å². The predicted molar refractivity (Wildman–Crippen MR) is 77.0 cm³/mol. The summed E-state index contributed by atoms with van der Waals surface area (Å²) in [5.41, 5.74) is 3.00. The Balaban J connectivity index is 2.02. The number of fused-ring (bicyclic) bond motifs is 1. The lowest BCUT2D eigenvalue weighted by Crippen LogP contribution is -1.95. The minimum absolute atomic E-state index is 0.642. The molecule has 1 aliphatic rings. The lowest BCUT2D eigenvalue weighted by molar-refractivity contribution is 0.890. The zero-order chi connectivity index (χ0) is 13.2. The number of rotatable bonds is 2. The second-order valence-electron chi connectivity index (χ2n) is 4.30. The van der Waals surface area contributed by atoms with Crippen molar-refractivity contribution in [2.45, 2.75) is 29.3 Å². The number of nitriles is 1. The second-order valence-corrected chi connectivity index (χ2v) is 6.14. The lowest BCUT2D eigenvalue weighted by atomic mass is 10.2. The first-order valence-corrected chi connectivity index (χ1v) is 7.60. The Morgan fingerprint density at radius 2 is 2.21 bits per heavy atom. The van der Waals surface area contributed by atoms with Crippen LogP contribution in [0.25, 0.3) is 0 Å². The van der Waals surface area contributed by atoms with Crippen molar-refractivity contribution in [2.75, 3.05) is 0 Å². The van der Waals surface area contributed by atoms with E-state index in [1.165, 1.54) is 17.3 Å². The number of pyridine rings is 2. The van der Waals surface area contributed by atoms with Crippen molar-refractivity contribution >= 4 is 27.7 Å². The van der Waals surface area contributed by atoms with Crippen LogP contribution in [0.5, 0.6) is 0 Å². The molecule has 0 aromatic carbocycles. The van der Waals surface area contributed by atoms with Gasteiger partial charge in [0.15, 0.2) is 0 Å². The van der Waals surface area contributed by atoms with Gasteiger partial charge in [-0.15, -0.1) is 0 Å². The number of hydrogen-bond donors (Lipinski definition) is 0. The van der Waals surface area contributed by atoms with E-state index in [-0.39, 0.29) is 0 Å². The van der Waals surface area contributed by atoms with Crippen LogP contribution >= 0.6 is 27.7 Å². The summed E-state index contributed by atoms with van der Waals surface area (Å²) in [6.45, 7) is 0. The zero-order valence-corrected chi connectivity index (χ0v) is 12.5. The van der Waals surface area contributed by atoms with Crippen LogP contribution in [0.3, 0.4) is 0 Å². The molecule has 3 nitrogen and oxygen atoms in total. The summed E-state index contributed by atoms with van der Waals surface area (Å²) < 4.78 is 0.922. The first-order valence-electron chi connectivity index (χ1n) is 5.99. The smallest absolute Gasteiger partial charge is 0.120 e. The molecule has 2 aromatic heterocycles. The van der Waals surface area contributed by atoms with E-state index in [1.54, 1.807) is 6.20 Å². The normalized spacial score (nSPS) is 13.1. The van der Waals surface area contributed by atoms with E-state index in [1.807, 2.05) is 18.2 Å². The van der Waals surface area contributed by atoms with Gasteiger partial charge in [-0.25, -0.2) is 9.97 Å². The third-order valence-corrected chi connectivity index (χ3v) is 4.98. The Labute approximate surface area is 124 Å². The van der Waals surface area contributed by atoms with Crippen molar-refractivity contribution in [3.63, 3.8) is 0 Å². The Morgan fingerprint density at radius 3 is 3.00 bits per heavy atom. The maximum Gasteiger partial charge on any atom is 0.120 e. The standard InChI is InChI=1S/C14H10BrN3S/c15-11-4-2-6-17-14(11)19-13-10(8-16)7-9-3-1-5-12(9)18-13/h2,4,6-7H,1,3,5H2. The summed E-state index contributed by atoms with van der Waals surface area (Å²) in [5, 5.41) is 10.9. The molecule has 5 heteroatoms. The van der Waals surface area contributed by atoms with E-state index in [0.717, 1.165) is 39.5 Å². The van der Waals surface area contributed by atoms with Crippen LogP contribution in [-0.4, -0.2) is 9.97 Å². The average molecular weight is 332 g/mol. The van der Waals surface area contributed by atoms with E-state index in [9.17, 15) is 5.26 Å². The van der Waals surface area contributed by atoms with Crippen molar-refractivity contribution in [1.82, 2.24) is 9.97 Å². The summed E-state index contributed by atoms with van der Waals surface area (Å²) in [5.74, 6) is 0. The van der Waals surface area contributed by atoms with Crippen LogP contribution in [0, 0.1) is 11.3 Å². The minimum Gasteiger partial charge on any atom is -0.248 e. The number of aromatic nitrogens is 2. The van der Waals surface area contributed by atoms with Gasteiger partial charge >= 0.3 is 0 Å². The minimum atomic E-state index is 0.642. The van der Waals surface area contributed by atoms with E-state index >= 15 is 0 Å². The largest absolute Gasteiger partial charge is 0.248 e.